The third-order valence-corrected chi connectivity index (χ3v) is 5.51. The number of rotatable bonds is 7. The lowest BCUT2D eigenvalue weighted by Gasteiger charge is -2.31. The highest BCUT2D eigenvalue weighted by atomic mass is 35.5. The van der Waals surface area contributed by atoms with E-state index in [0.717, 1.165) is 0 Å². The molecule has 3 N–H and O–H groups in total. The maximum absolute atomic E-state index is 12.7. The van der Waals surface area contributed by atoms with Crippen molar-refractivity contribution in [2.24, 2.45) is 11.7 Å². The zero-order chi connectivity index (χ0) is 18.0. The Morgan fingerprint density at radius 3 is 2.38 bits per heavy atom. The zero-order valence-electron chi connectivity index (χ0n) is 14.0. The Morgan fingerprint density at radius 1 is 1.42 bits per heavy atom. The van der Waals surface area contributed by atoms with E-state index in [-0.39, 0.29) is 29.8 Å². The van der Waals surface area contributed by atoms with Gasteiger partial charge in [-0.15, -0.1) is 12.4 Å². The van der Waals surface area contributed by atoms with Crippen LogP contribution in [-0.2, 0) is 10.0 Å². The number of hydrogen-bond donors (Lipinski definition) is 2. The molecule has 0 fully saturated rings. The lowest BCUT2D eigenvalue weighted by atomic mass is 9.92. The molecule has 0 aliphatic heterocycles. The van der Waals surface area contributed by atoms with Gasteiger partial charge in [-0.05, 0) is 37.8 Å². The molecule has 7 nitrogen and oxygen atoms in total. The summed E-state index contributed by atoms with van der Waals surface area (Å²) in [5.41, 5.74) is 4.84. The normalized spacial score (nSPS) is 14.1. The molecule has 0 bridgehead atoms. The van der Waals surface area contributed by atoms with E-state index in [0.29, 0.717) is 12.0 Å². The Labute approximate surface area is 153 Å². The molecule has 0 radical (unpaired) electrons. The van der Waals surface area contributed by atoms with Gasteiger partial charge in [-0.25, -0.2) is 13.1 Å². The van der Waals surface area contributed by atoms with Crippen LogP contribution in [0.3, 0.4) is 0 Å². The number of nitrogens with zero attached hydrogens (tertiary/aromatic N) is 1. The van der Waals surface area contributed by atoms with Crippen LogP contribution in [-0.4, -0.2) is 25.4 Å². The number of nitro groups is 1. The van der Waals surface area contributed by atoms with Crippen molar-refractivity contribution >= 4 is 39.7 Å². The van der Waals surface area contributed by atoms with Crippen LogP contribution in [0.5, 0.6) is 0 Å². The van der Waals surface area contributed by atoms with E-state index in [2.05, 4.69) is 4.72 Å². The topological polar surface area (TPSA) is 115 Å². The van der Waals surface area contributed by atoms with Gasteiger partial charge in [-0.2, -0.15) is 0 Å². The molecule has 0 aliphatic carbocycles. The number of sulfonamides is 1. The van der Waals surface area contributed by atoms with Gasteiger partial charge < -0.3 is 5.73 Å². The zero-order valence-corrected chi connectivity index (χ0v) is 16.4. The summed E-state index contributed by atoms with van der Waals surface area (Å²) < 4.78 is 27.9. The van der Waals surface area contributed by atoms with Crippen molar-refractivity contribution in [3.05, 3.63) is 32.8 Å². The van der Waals surface area contributed by atoms with Gasteiger partial charge in [-0.1, -0.05) is 25.4 Å². The highest BCUT2D eigenvalue weighted by Gasteiger charge is 2.33. The number of halogens is 2. The van der Waals surface area contributed by atoms with Crippen LogP contribution in [0.1, 0.15) is 32.8 Å². The molecule has 0 amide bonds. The molecule has 138 valence electrons. The van der Waals surface area contributed by atoms with Crippen LogP contribution in [0.4, 0.5) is 5.69 Å². The molecular weight excluding hydrogens is 377 g/mol. The van der Waals surface area contributed by atoms with Gasteiger partial charge in [0, 0.05) is 18.2 Å². The van der Waals surface area contributed by atoms with Gasteiger partial charge in [0.2, 0.25) is 10.0 Å². The van der Waals surface area contributed by atoms with Crippen molar-refractivity contribution in [3.63, 3.8) is 0 Å². The second-order valence-electron chi connectivity index (χ2n) is 6.32. The van der Waals surface area contributed by atoms with Crippen molar-refractivity contribution in [1.29, 1.82) is 0 Å². The van der Waals surface area contributed by atoms with E-state index in [1.165, 1.54) is 12.1 Å². The molecule has 1 rings (SSSR count). The largest absolute Gasteiger partial charge is 0.329 e. The molecule has 0 spiro atoms. The van der Waals surface area contributed by atoms with Gasteiger partial charge >= 0.3 is 0 Å². The molecule has 0 heterocycles. The Balaban J connectivity index is 0.00000529. The van der Waals surface area contributed by atoms with E-state index < -0.39 is 31.2 Å². The smallest absolute Gasteiger partial charge is 0.289 e. The van der Waals surface area contributed by atoms with Crippen LogP contribution < -0.4 is 10.5 Å². The molecule has 1 aromatic carbocycles. The fourth-order valence-corrected chi connectivity index (χ4v) is 4.58. The average molecular weight is 400 g/mol. The summed E-state index contributed by atoms with van der Waals surface area (Å²) in [5, 5.41) is 10.6. The highest BCUT2D eigenvalue weighted by molar-refractivity contribution is 7.89. The van der Waals surface area contributed by atoms with E-state index in [9.17, 15) is 18.5 Å². The summed E-state index contributed by atoms with van der Waals surface area (Å²) in [6.07, 6.45) is 0.522. The maximum Gasteiger partial charge on any atom is 0.289 e. The Kier molecular flexibility index (Phi) is 8.11. The lowest BCUT2D eigenvalue weighted by molar-refractivity contribution is -0.385. The van der Waals surface area contributed by atoms with Crippen LogP contribution in [0, 0.1) is 23.0 Å². The first-order valence-electron chi connectivity index (χ1n) is 7.10. The van der Waals surface area contributed by atoms with Crippen LogP contribution >= 0.6 is 24.0 Å². The quantitative estimate of drug-likeness (QED) is 0.539. The number of nitro benzene ring substituents is 1. The minimum absolute atomic E-state index is 0. The van der Waals surface area contributed by atoms with Crippen molar-refractivity contribution in [2.45, 2.75) is 44.6 Å². The van der Waals surface area contributed by atoms with Gasteiger partial charge in [0.15, 0.2) is 0 Å². The fourth-order valence-electron chi connectivity index (χ4n) is 2.49. The van der Waals surface area contributed by atoms with E-state index in [1.54, 1.807) is 13.8 Å². The van der Waals surface area contributed by atoms with Gasteiger partial charge in [-0.3, -0.25) is 10.1 Å². The van der Waals surface area contributed by atoms with Crippen molar-refractivity contribution in [2.75, 3.05) is 6.54 Å². The number of hydrogen-bond acceptors (Lipinski definition) is 5. The Bertz CT molecular complexity index is 710. The summed E-state index contributed by atoms with van der Waals surface area (Å²) in [6, 6.07) is 2.54. The molecular formula is C14H23Cl2N3O4S. The molecule has 0 saturated carbocycles. The molecule has 0 aliphatic rings. The number of benzene rings is 1. The number of nitrogens with two attached hydrogens (primary N) is 1. The van der Waals surface area contributed by atoms with Crippen LogP contribution in [0.2, 0.25) is 5.02 Å². The lowest BCUT2D eigenvalue weighted by Crippen LogP contribution is -2.52. The minimum atomic E-state index is -4.05. The molecule has 10 heteroatoms. The standard InChI is InChI=1S/C14H22ClN3O4S.ClH/c1-9(2)7-14(4,8-16)17-23(21,22)12-6-10(3)5-11(13(12)15)18(19)20;/h5-6,9,17H,7-8,16H2,1-4H3;1H. The summed E-state index contributed by atoms with van der Waals surface area (Å²) in [6.45, 7) is 7.26. The van der Waals surface area contributed by atoms with Gasteiger partial charge in [0.25, 0.3) is 5.69 Å². The second kappa shape index (κ2) is 8.44. The molecule has 1 atom stereocenters. The Morgan fingerprint density at radius 2 is 1.96 bits per heavy atom. The van der Waals surface area contributed by atoms with E-state index in [1.807, 2.05) is 13.8 Å². The van der Waals surface area contributed by atoms with Gasteiger partial charge in [0.05, 0.1) is 4.92 Å². The first-order valence-corrected chi connectivity index (χ1v) is 8.96. The third-order valence-electron chi connectivity index (χ3n) is 3.34. The first kappa shape index (κ1) is 23.1. The number of aryl methyl sites for hydroxylation is 1. The van der Waals surface area contributed by atoms with E-state index in [4.69, 9.17) is 17.3 Å². The Hall–Kier alpha value is -0.930. The average Bonchev–Trinajstić information content (AvgIpc) is 2.38. The van der Waals surface area contributed by atoms with Gasteiger partial charge in [0.1, 0.15) is 9.92 Å². The van der Waals surface area contributed by atoms with Crippen LogP contribution in [0.25, 0.3) is 0 Å². The predicted octanol–water partition coefficient (Wildman–Crippen LogP) is 3.02. The maximum atomic E-state index is 12.7. The predicted molar refractivity (Wildman–Crippen MR) is 97.3 cm³/mol. The molecule has 1 unspecified atom stereocenters. The second-order valence-corrected chi connectivity index (χ2v) is 8.35. The van der Waals surface area contributed by atoms with E-state index >= 15 is 0 Å². The molecule has 0 saturated heterocycles. The minimum Gasteiger partial charge on any atom is -0.329 e. The third kappa shape index (κ3) is 5.56. The summed E-state index contributed by atoms with van der Waals surface area (Å²) in [7, 11) is -4.05. The first-order chi connectivity index (χ1) is 10.4. The van der Waals surface area contributed by atoms with Crippen molar-refractivity contribution in [1.82, 2.24) is 4.72 Å². The highest BCUT2D eigenvalue weighted by Crippen LogP contribution is 2.33. The SMILES string of the molecule is Cc1cc([N+](=O)[O-])c(Cl)c(S(=O)(=O)NC(C)(CN)CC(C)C)c1.Cl. The summed E-state index contributed by atoms with van der Waals surface area (Å²) >= 11 is 5.95. The molecule has 0 aromatic heterocycles. The monoisotopic (exact) mass is 399 g/mol. The molecule has 24 heavy (non-hydrogen) atoms. The fraction of sp³-hybridized carbons (Fsp3) is 0.571. The number of nitrogens with one attached hydrogen (secondary N) is 1. The van der Waals surface area contributed by atoms with Crippen LogP contribution in [0.15, 0.2) is 17.0 Å². The van der Waals surface area contributed by atoms with Crippen molar-refractivity contribution in [3.8, 4) is 0 Å². The summed E-state index contributed by atoms with van der Waals surface area (Å²) in [4.78, 5) is 10.0. The van der Waals surface area contributed by atoms with Crippen molar-refractivity contribution < 1.29 is 13.3 Å². The molecule has 1 aromatic rings. The summed E-state index contributed by atoms with van der Waals surface area (Å²) in [5.74, 6) is 0.216.